The summed E-state index contributed by atoms with van der Waals surface area (Å²) >= 11 is 0. The molecule has 4 rings (SSSR count). The number of halogens is 1. The first-order valence-electron chi connectivity index (χ1n) is 11.0. The topological polar surface area (TPSA) is 62.6 Å². The van der Waals surface area contributed by atoms with Gasteiger partial charge in [-0.05, 0) is 62.1 Å². The lowest BCUT2D eigenvalue weighted by Crippen LogP contribution is -2.47. The van der Waals surface area contributed by atoms with Crippen LogP contribution in [0.5, 0.6) is 0 Å². The highest BCUT2D eigenvalue weighted by Crippen LogP contribution is 2.34. The first kappa shape index (κ1) is 21.8. The highest BCUT2D eigenvalue weighted by molar-refractivity contribution is 6.09. The summed E-state index contributed by atoms with van der Waals surface area (Å²) in [5.41, 5.74) is 2.48. The molecule has 1 unspecified atom stereocenters. The van der Waals surface area contributed by atoms with Gasteiger partial charge >= 0.3 is 0 Å². The van der Waals surface area contributed by atoms with Crippen LogP contribution in [0.3, 0.4) is 0 Å². The Kier molecular flexibility index (Phi) is 6.40. The quantitative estimate of drug-likeness (QED) is 0.559. The zero-order chi connectivity index (χ0) is 22.7. The molecule has 0 radical (unpaired) electrons. The summed E-state index contributed by atoms with van der Waals surface area (Å²) in [6.07, 6.45) is 5.25. The minimum Gasteiger partial charge on any atom is -0.459 e. The fraction of sp³-hybridized carbons (Fsp3) is 0.308. The summed E-state index contributed by atoms with van der Waals surface area (Å²) in [7, 11) is 0. The van der Waals surface area contributed by atoms with Crippen molar-refractivity contribution >= 4 is 17.5 Å². The Bertz CT molecular complexity index is 1100. The lowest BCUT2D eigenvalue weighted by molar-refractivity contribution is -0.123. The van der Waals surface area contributed by atoms with Gasteiger partial charge in [-0.2, -0.15) is 0 Å². The van der Waals surface area contributed by atoms with Gasteiger partial charge in [0.25, 0.3) is 5.91 Å². The molecule has 0 saturated heterocycles. The molecule has 32 heavy (non-hydrogen) atoms. The summed E-state index contributed by atoms with van der Waals surface area (Å²) in [6.45, 7) is 3.82. The van der Waals surface area contributed by atoms with Crippen molar-refractivity contribution in [3.8, 4) is 0 Å². The number of aryl methyl sites for hydroxylation is 1. The Hall–Kier alpha value is -3.41. The number of amides is 2. The third-order valence-corrected chi connectivity index (χ3v) is 6.19. The molecule has 0 aliphatic heterocycles. The second-order valence-electron chi connectivity index (χ2n) is 8.29. The van der Waals surface area contributed by atoms with Gasteiger partial charge in [0.1, 0.15) is 11.9 Å². The maximum atomic E-state index is 15.0. The Labute approximate surface area is 187 Å². The number of furan rings is 1. The number of benzene rings is 2. The van der Waals surface area contributed by atoms with Crippen LogP contribution < -0.4 is 10.2 Å². The van der Waals surface area contributed by atoms with Gasteiger partial charge in [0.15, 0.2) is 5.76 Å². The molecule has 166 valence electrons. The van der Waals surface area contributed by atoms with E-state index in [9.17, 15) is 9.59 Å². The van der Waals surface area contributed by atoms with E-state index in [0.29, 0.717) is 5.69 Å². The van der Waals surface area contributed by atoms with Crippen molar-refractivity contribution < 1.29 is 18.4 Å². The molecule has 6 heteroatoms. The van der Waals surface area contributed by atoms with Crippen LogP contribution >= 0.6 is 0 Å². The SMILES string of the molecule is Cc1cccc(N(C(=O)c2ccco2)C(C(=O)NC2CCCC2)c2ccccc2F)c1C. The molecular formula is C26H27FN2O3. The molecule has 1 aliphatic carbocycles. The summed E-state index contributed by atoms with van der Waals surface area (Å²) in [4.78, 5) is 28.7. The van der Waals surface area contributed by atoms with Crippen molar-refractivity contribution in [3.05, 3.63) is 89.1 Å². The maximum absolute atomic E-state index is 15.0. The summed E-state index contributed by atoms with van der Waals surface area (Å²) in [5.74, 6) is -1.36. The van der Waals surface area contributed by atoms with Gasteiger partial charge in [-0.15, -0.1) is 0 Å². The maximum Gasteiger partial charge on any atom is 0.294 e. The van der Waals surface area contributed by atoms with E-state index < -0.39 is 23.7 Å². The molecule has 0 spiro atoms. The normalized spacial score (nSPS) is 14.8. The zero-order valence-electron chi connectivity index (χ0n) is 18.3. The minimum atomic E-state index is -1.19. The van der Waals surface area contributed by atoms with Gasteiger partial charge in [0.2, 0.25) is 5.91 Å². The number of anilines is 1. The largest absolute Gasteiger partial charge is 0.459 e. The van der Waals surface area contributed by atoms with Crippen LogP contribution in [0.4, 0.5) is 10.1 Å². The van der Waals surface area contributed by atoms with Gasteiger partial charge in [-0.3, -0.25) is 14.5 Å². The molecule has 1 fully saturated rings. The van der Waals surface area contributed by atoms with Crippen molar-refractivity contribution in [2.24, 2.45) is 0 Å². The standard InChI is InChI=1S/C26H27FN2O3/c1-17-9-7-14-22(18(17)2)29(26(31)23-15-8-16-32-23)24(20-12-5-6-13-21(20)27)25(30)28-19-10-3-4-11-19/h5-9,12-16,19,24H,3-4,10-11H2,1-2H3,(H,28,30). The number of carbonyl (C=O) groups excluding carboxylic acids is 2. The molecule has 2 amide bonds. The second kappa shape index (κ2) is 9.39. The molecule has 1 heterocycles. The summed E-state index contributed by atoms with van der Waals surface area (Å²) in [5, 5.41) is 3.06. The first-order valence-corrected chi connectivity index (χ1v) is 11.0. The van der Waals surface area contributed by atoms with Gasteiger partial charge in [-0.1, -0.05) is 43.2 Å². The van der Waals surface area contributed by atoms with Gasteiger partial charge in [-0.25, -0.2) is 4.39 Å². The summed E-state index contributed by atoms with van der Waals surface area (Å²) < 4.78 is 20.4. The highest BCUT2D eigenvalue weighted by atomic mass is 19.1. The zero-order valence-corrected chi connectivity index (χ0v) is 18.3. The van der Waals surface area contributed by atoms with Crippen LogP contribution in [-0.4, -0.2) is 17.9 Å². The van der Waals surface area contributed by atoms with Gasteiger partial charge < -0.3 is 9.73 Å². The Morgan fingerprint density at radius 3 is 2.47 bits per heavy atom. The van der Waals surface area contributed by atoms with Crippen LogP contribution in [0.15, 0.2) is 65.3 Å². The number of nitrogens with one attached hydrogen (secondary N) is 1. The number of carbonyl (C=O) groups is 2. The lowest BCUT2D eigenvalue weighted by atomic mass is 9.99. The number of hydrogen-bond acceptors (Lipinski definition) is 3. The number of hydrogen-bond donors (Lipinski definition) is 1. The van der Waals surface area contributed by atoms with Crippen molar-refractivity contribution in [1.29, 1.82) is 0 Å². The monoisotopic (exact) mass is 434 g/mol. The van der Waals surface area contributed by atoms with Crippen molar-refractivity contribution in [2.75, 3.05) is 4.90 Å². The van der Waals surface area contributed by atoms with Crippen LogP contribution in [0.25, 0.3) is 0 Å². The van der Waals surface area contributed by atoms with E-state index in [4.69, 9.17) is 4.42 Å². The van der Waals surface area contributed by atoms with Gasteiger partial charge in [0, 0.05) is 17.3 Å². The minimum absolute atomic E-state index is 0.0240. The van der Waals surface area contributed by atoms with E-state index in [2.05, 4.69) is 5.32 Å². The third-order valence-electron chi connectivity index (χ3n) is 6.19. The molecule has 5 nitrogen and oxygen atoms in total. The molecule has 1 aromatic heterocycles. The fourth-order valence-corrected chi connectivity index (χ4v) is 4.33. The summed E-state index contributed by atoms with van der Waals surface area (Å²) in [6, 6.07) is 13.7. The van der Waals surface area contributed by atoms with E-state index in [1.54, 1.807) is 36.4 Å². The molecule has 1 atom stereocenters. The average molecular weight is 435 g/mol. The van der Waals surface area contributed by atoms with Crippen molar-refractivity contribution in [1.82, 2.24) is 5.32 Å². The smallest absolute Gasteiger partial charge is 0.294 e. The van der Waals surface area contributed by atoms with E-state index in [1.165, 1.54) is 17.2 Å². The van der Waals surface area contributed by atoms with E-state index in [1.807, 2.05) is 26.0 Å². The number of nitrogens with zero attached hydrogens (tertiary/aromatic N) is 1. The predicted molar refractivity (Wildman–Crippen MR) is 121 cm³/mol. The molecule has 3 aromatic rings. The predicted octanol–water partition coefficient (Wildman–Crippen LogP) is 5.48. The molecule has 1 N–H and O–H groups in total. The second-order valence-corrected chi connectivity index (χ2v) is 8.29. The van der Waals surface area contributed by atoms with Crippen LogP contribution in [0.2, 0.25) is 0 Å². The van der Waals surface area contributed by atoms with Crippen LogP contribution in [-0.2, 0) is 4.79 Å². The van der Waals surface area contributed by atoms with E-state index in [-0.39, 0.29) is 17.4 Å². The Morgan fingerprint density at radius 1 is 1.03 bits per heavy atom. The van der Waals surface area contributed by atoms with Crippen LogP contribution in [0, 0.1) is 19.7 Å². The molecule has 1 saturated carbocycles. The highest BCUT2D eigenvalue weighted by Gasteiger charge is 2.37. The average Bonchev–Trinajstić information content (AvgIpc) is 3.49. The molecule has 0 bridgehead atoms. The van der Waals surface area contributed by atoms with Crippen molar-refractivity contribution in [3.63, 3.8) is 0 Å². The molecule has 1 aliphatic rings. The Balaban J connectivity index is 1.87. The van der Waals surface area contributed by atoms with E-state index in [0.717, 1.165) is 36.8 Å². The third kappa shape index (κ3) is 4.31. The Morgan fingerprint density at radius 2 is 1.78 bits per heavy atom. The molecular weight excluding hydrogens is 407 g/mol. The fourth-order valence-electron chi connectivity index (χ4n) is 4.33. The van der Waals surface area contributed by atoms with Crippen molar-refractivity contribution in [2.45, 2.75) is 51.6 Å². The lowest BCUT2D eigenvalue weighted by Gasteiger charge is -2.33. The van der Waals surface area contributed by atoms with Crippen LogP contribution in [0.1, 0.15) is 59.0 Å². The first-order chi connectivity index (χ1) is 15.5. The van der Waals surface area contributed by atoms with Gasteiger partial charge in [0.05, 0.1) is 6.26 Å². The van der Waals surface area contributed by atoms with E-state index >= 15 is 4.39 Å². The number of rotatable bonds is 6. The molecule has 2 aromatic carbocycles.